The number of aromatic nitrogens is 3. The largest absolute Gasteiger partial charge is 0.360 e. The molecule has 2 heterocycles. The molecule has 0 saturated heterocycles. The van der Waals surface area contributed by atoms with Crippen LogP contribution in [0.1, 0.15) is 30.0 Å². The molecule has 0 bridgehead atoms. The molecule has 0 unspecified atom stereocenters. The van der Waals surface area contributed by atoms with Crippen LogP contribution in [0.2, 0.25) is 0 Å². The molecule has 0 spiro atoms. The number of benzene rings is 1. The van der Waals surface area contributed by atoms with Gasteiger partial charge in [0.05, 0.1) is 11.3 Å². The van der Waals surface area contributed by atoms with Gasteiger partial charge in [0.25, 0.3) is 0 Å². The molecular weight excluding hydrogens is 364 g/mol. The number of carbonyl (C=O) groups is 1. The zero-order valence-corrected chi connectivity index (χ0v) is 15.6. The van der Waals surface area contributed by atoms with Crippen molar-refractivity contribution in [2.24, 2.45) is 0 Å². The topological polar surface area (TPSA) is 108 Å². The standard InChI is InChI=1S/C19H20N4O3S/c1-27(25,26)15-9-16(20-11-15)13-4-2-12(3-5-13)8-19(24)21-18-10-17(22-23-18)14-6-7-14/h2-5,9-11,14,20H,6-8H2,1H3,(H2,21,22,23,24). The minimum Gasteiger partial charge on any atom is -0.360 e. The Kier molecular flexibility index (Phi) is 4.35. The fourth-order valence-electron chi connectivity index (χ4n) is 2.93. The summed E-state index contributed by atoms with van der Waals surface area (Å²) in [7, 11) is -3.24. The minimum atomic E-state index is -3.24. The maximum atomic E-state index is 12.2. The van der Waals surface area contributed by atoms with E-state index in [0.29, 0.717) is 11.7 Å². The molecule has 2 aromatic heterocycles. The van der Waals surface area contributed by atoms with Crippen molar-refractivity contribution in [1.82, 2.24) is 15.2 Å². The molecular formula is C19H20N4O3S. The number of anilines is 1. The lowest BCUT2D eigenvalue weighted by molar-refractivity contribution is -0.115. The number of hydrogen-bond donors (Lipinski definition) is 3. The summed E-state index contributed by atoms with van der Waals surface area (Å²) in [6, 6.07) is 10.9. The van der Waals surface area contributed by atoms with Crippen LogP contribution in [-0.4, -0.2) is 35.8 Å². The van der Waals surface area contributed by atoms with E-state index in [1.807, 2.05) is 30.3 Å². The minimum absolute atomic E-state index is 0.129. The van der Waals surface area contributed by atoms with E-state index >= 15 is 0 Å². The lowest BCUT2D eigenvalue weighted by Gasteiger charge is -2.04. The Morgan fingerprint density at radius 3 is 2.59 bits per heavy atom. The number of sulfone groups is 1. The highest BCUT2D eigenvalue weighted by atomic mass is 32.2. The zero-order chi connectivity index (χ0) is 19.0. The lowest BCUT2D eigenvalue weighted by atomic mass is 10.1. The van der Waals surface area contributed by atoms with Crippen molar-refractivity contribution < 1.29 is 13.2 Å². The van der Waals surface area contributed by atoms with Crippen LogP contribution in [0.5, 0.6) is 0 Å². The molecule has 140 valence electrons. The van der Waals surface area contributed by atoms with E-state index in [4.69, 9.17) is 0 Å². The SMILES string of the molecule is CS(=O)(=O)c1c[nH]c(-c2ccc(CC(=O)Nc3cc(C4CC4)[nH]n3)cc2)c1. The summed E-state index contributed by atoms with van der Waals surface area (Å²) in [5.74, 6) is 0.987. The Bertz CT molecular complexity index is 1080. The van der Waals surface area contributed by atoms with Crippen LogP contribution in [0.4, 0.5) is 5.82 Å². The Morgan fingerprint density at radius 1 is 1.22 bits per heavy atom. The Labute approximate surface area is 157 Å². The Morgan fingerprint density at radius 2 is 1.96 bits per heavy atom. The van der Waals surface area contributed by atoms with Gasteiger partial charge in [0.15, 0.2) is 15.7 Å². The van der Waals surface area contributed by atoms with E-state index in [1.165, 1.54) is 25.3 Å². The number of carbonyl (C=O) groups excluding carboxylic acids is 1. The molecule has 3 aromatic rings. The zero-order valence-electron chi connectivity index (χ0n) is 14.8. The van der Waals surface area contributed by atoms with E-state index in [9.17, 15) is 13.2 Å². The molecule has 1 fully saturated rings. The van der Waals surface area contributed by atoms with Crippen LogP contribution < -0.4 is 5.32 Å². The molecule has 3 N–H and O–H groups in total. The quantitative estimate of drug-likeness (QED) is 0.607. The molecule has 4 rings (SSSR count). The van der Waals surface area contributed by atoms with Crippen molar-refractivity contribution in [2.45, 2.75) is 30.1 Å². The van der Waals surface area contributed by atoms with Gasteiger partial charge in [-0.15, -0.1) is 0 Å². The first-order valence-corrected chi connectivity index (χ1v) is 10.6. The number of amides is 1. The molecule has 0 aliphatic heterocycles. The number of hydrogen-bond acceptors (Lipinski definition) is 4. The van der Waals surface area contributed by atoms with Gasteiger partial charge in [-0.05, 0) is 30.0 Å². The molecule has 7 nitrogen and oxygen atoms in total. The number of nitrogens with one attached hydrogen (secondary N) is 3. The maximum Gasteiger partial charge on any atom is 0.229 e. The third-order valence-corrected chi connectivity index (χ3v) is 5.69. The second-order valence-electron chi connectivity index (χ2n) is 6.93. The summed E-state index contributed by atoms with van der Waals surface area (Å²) in [4.78, 5) is 15.4. The van der Waals surface area contributed by atoms with Crippen LogP contribution >= 0.6 is 0 Å². The highest BCUT2D eigenvalue weighted by Gasteiger charge is 2.25. The molecule has 1 saturated carbocycles. The van der Waals surface area contributed by atoms with Crippen molar-refractivity contribution in [3.8, 4) is 11.3 Å². The molecule has 8 heteroatoms. The number of rotatable bonds is 6. The smallest absolute Gasteiger partial charge is 0.229 e. The van der Waals surface area contributed by atoms with Crippen molar-refractivity contribution in [2.75, 3.05) is 11.6 Å². The molecule has 27 heavy (non-hydrogen) atoms. The molecule has 0 atom stereocenters. The van der Waals surface area contributed by atoms with Gasteiger partial charge in [0, 0.05) is 35.8 Å². The van der Waals surface area contributed by atoms with Gasteiger partial charge in [-0.1, -0.05) is 24.3 Å². The summed E-state index contributed by atoms with van der Waals surface area (Å²) in [5, 5.41) is 9.89. The van der Waals surface area contributed by atoms with Crippen LogP contribution in [0, 0.1) is 0 Å². The van der Waals surface area contributed by atoms with Crippen LogP contribution in [0.25, 0.3) is 11.3 Å². The van der Waals surface area contributed by atoms with Gasteiger partial charge < -0.3 is 10.3 Å². The summed E-state index contributed by atoms with van der Waals surface area (Å²) in [6.45, 7) is 0. The summed E-state index contributed by atoms with van der Waals surface area (Å²) in [6.07, 6.45) is 5.24. The van der Waals surface area contributed by atoms with Gasteiger partial charge in [0.1, 0.15) is 0 Å². The van der Waals surface area contributed by atoms with Crippen LogP contribution in [-0.2, 0) is 21.1 Å². The molecule has 1 amide bonds. The van der Waals surface area contributed by atoms with Gasteiger partial charge in [0.2, 0.25) is 5.91 Å². The number of H-pyrrole nitrogens is 2. The predicted octanol–water partition coefficient (Wildman–Crippen LogP) is 2.87. The second-order valence-corrected chi connectivity index (χ2v) is 8.94. The molecule has 1 aliphatic carbocycles. The van der Waals surface area contributed by atoms with E-state index in [-0.39, 0.29) is 17.2 Å². The molecule has 1 aliphatic rings. The fourth-order valence-corrected chi connectivity index (χ4v) is 3.54. The fraction of sp³-hybridized carbons (Fsp3) is 0.263. The van der Waals surface area contributed by atoms with Crippen molar-refractivity contribution in [3.63, 3.8) is 0 Å². The average Bonchev–Trinajstić information content (AvgIpc) is 3.15. The van der Waals surface area contributed by atoms with E-state index in [1.54, 1.807) is 6.07 Å². The van der Waals surface area contributed by atoms with E-state index < -0.39 is 9.84 Å². The normalized spacial score (nSPS) is 14.3. The van der Waals surface area contributed by atoms with E-state index in [2.05, 4.69) is 20.5 Å². The van der Waals surface area contributed by atoms with E-state index in [0.717, 1.165) is 22.5 Å². The van der Waals surface area contributed by atoms with Gasteiger partial charge >= 0.3 is 0 Å². The average molecular weight is 384 g/mol. The Balaban J connectivity index is 1.39. The first-order valence-electron chi connectivity index (χ1n) is 8.71. The number of nitrogens with zero attached hydrogens (tertiary/aromatic N) is 1. The third-order valence-electron chi connectivity index (χ3n) is 4.60. The second kappa shape index (κ2) is 6.70. The first kappa shape index (κ1) is 17.5. The summed E-state index contributed by atoms with van der Waals surface area (Å²) in [5.41, 5.74) is 3.52. The van der Waals surface area contributed by atoms with Crippen molar-refractivity contribution in [3.05, 3.63) is 53.9 Å². The highest BCUT2D eigenvalue weighted by Crippen LogP contribution is 2.39. The Hall–Kier alpha value is -2.87. The highest BCUT2D eigenvalue weighted by molar-refractivity contribution is 7.90. The summed E-state index contributed by atoms with van der Waals surface area (Å²) < 4.78 is 23.1. The monoisotopic (exact) mass is 384 g/mol. The number of aromatic amines is 2. The lowest BCUT2D eigenvalue weighted by Crippen LogP contribution is -2.14. The van der Waals surface area contributed by atoms with Crippen LogP contribution in [0.15, 0.2) is 47.5 Å². The van der Waals surface area contributed by atoms with Gasteiger partial charge in [-0.3, -0.25) is 9.89 Å². The van der Waals surface area contributed by atoms with Crippen molar-refractivity contribution >= 4 is 21.6 Å². The molecule has 1 aromatic carbocycles. The van der Waals surface area contributed by atoms with Crippen LogP contribution in [0.3, 0.4) is 0 Å². The maximum absolute atomic E-state index is 12.2. The van der Waals surface area contributed by atoms with Crippen molar-refractivity contribution in [1.29, 1.82) is 0 Å². The molecule has 0 radical (unpaired) electrons. The first-order chi connectivity index (χ1) is 12.9. The van der Waals surface area contributed by atoms with Gasteiger partial charge in [-0.2, -0.15) is 5.10 Å². The van der Waals surface area contributed by atoms with Gasteiger partial charge in [-0.25, -0.2) is 8.42 Å². The summed E-state index contributed by atoms with van der Waals surface area (Å²) >= 11 is 0. The predicted molar refractivity (Wildman–Crippen MR) is 102 cm³/mol. The third kappa shape index (κ3) is 4.11.